The number of pyridine rings is 1. The van der Waals surface area contributed by atoms with E-state index in [9.17, 15) is 4.79 Å². The van der Waals surface area contributed by atoms with Gasteiger partial charge in [-0.25, -0.2) is 0 Å². The molecule has 4 nitrogen and oxygen atoms in total. The van der Waals surface area contributed by atoms with Gasteiger partial charge in [0, 0.05) is 36.9 Å². The third-order valence-electron chi connectivity index (χ3n) is 5.68. The van der Waals surface area contributed by atoms with Crippen molar-refractivity contribution in [2.45, 2.75) is 46.0 Å². The van der Waals surface area contributed by atoms with Crippen LogP contribution in [0.3, 0.4) is 0 Å². The van der Waals surface area contributed by atoms with E-state index in [0.717, 1.165) is 51.1 Å². The van der Waals surface area contributed by atoms with Crippen LogP contribution in [0.2, 0.25) is 0 Å². The van der Waals surface area contributed by atoms with Gasteiger partial charge in [-0.1, -0.05) is 30.3 Å². The van der Waals surface area contributed by atoms with Crippen LogP contribution < -0.4 is 0 Å². The summed E-state index contributed by atoms with van der Waals surface area (Å²) in [6, 6.07) is 15.1. The van der Waals surface area contributed by atoms with E-state index in [-0.39, 0.29) is 5.91 Å². The Kier molecular flexibility index (Phi) is 7.21. The van der Waals surface area contributed by atoms with Crippen molar-refractivity contribution < 1.29 is 4.79 Å². The molecule has 28 heavy (non-hydrogen) atoms. The first-order valence-electron chi connectivity index (χ1n) is 10.6. The minimum atomic E-state index is 0.243. The van der Waals surface area contributed by atoms with E-state index >= 15 is 0 Å². The number of nitrogens with zero attached hydrogens (tertiary/aromatic N) is 3. The van der Waals surface area contributed by atoms with Crippen LogP contribution >= 0.6 is 0 Å². The number of rotatable bonds is 7. The third kappa shape index (κ3) is 5.41. The van der Waals surface area contributed by atoms with Gasteiger partial charge in [0.15, 0.2) is 0 Å². The second-order valence-corrected chi connectivity index (χ2v) is 7.84. The second kappa shape index (κ2) is 9.83. The number of carbonyl (C=O) groups excluding carboxylic acids is 1. The molecule has 1 aliphatic rings. The van der Waals surface area contributed by atoms with E-state index in [1.165, 1.54) is 16.8 Å². The van der Waals surface area contributed by atoms with Gasteiger partial charge >= 0.3 is 0 Å². The maximum Gasteiger partial charge on any atom is 0.236 e. The molecule has 0 saturated carbocycles. The highest BCUT2D eigenvalue weighted by Crippen LogP contribution is 2.27. The summed E-state index contributed by atoms with van der Waals surface area (Å²) < 4.78 is 0. The smallest absolute Gasteiger partial charge is 0.236 e. The summed E-state index contributed by atoms with van der Waals surface area (Å²) in [5.74, 6) is 0.653. The fraction of sp³-hybridized carbons (Fsp3) is 0.500. The van der Waals surface area contributed by atoms with Gasteiger partial charge in [-0.2, -0.15) is 0 Å². The molecule has 1 aliphatic heterocycles. The maximum atomic E-state index is 12.5. The lowest BCUT2D eigenvalue weighted by Crippen LogP contribution is -2.43. The van der Waals surface area contributed by atoms with Crippen LogP contribution in [-0.2, 0) is 11.2 Å². The molecule has 2 heterocycles. The van der Waals surface area contributed by atoms with Crippen LogP contribution in [-0.4, -0.2) is 53.4 Å². The molecule has 150 valence electrons. The lowest BCUT2D eigenvalue weighted by molar-refractivity contribution is -0.132. The minimum absolute atomic E-state index is 0.243. The number of hydrogen-bond acceptors (Lipinski definition) is 3. The first-order valence-corrected chi connectivity index (χ1v) is 10.6. The van der Waals surface area contributed by atoms with Gasteiger partial charge in [-0.3, -0.25) is 14.7 Å². The Morgan fingerprint density at radius 1 is 1.14 bits per heavy atom. The van der Waals surface area contributed by atoms with E-state index in [2.05, 4.69) is 54.3 Å². The molecule has 0 aliphatic carbocycles. The van der Waals surface area contributed by atoms with Crippen molar-refractivity contribution in [1.82, 2.24) is 14.8 Å². The molecule has 1 saturated heterocycles. The van der Waals surface area contributed by atoms with Crippen LogP contribution in [0.1, 0.15) is 55.1 Å². The maximum absolute atomic E-state index is 12.5. The summed E-state index contributed by atoms with van der Waals surface area (Å²) in [4.78, 5) is 21.6. The van der Waals surface area contributed by atoms with Crippen LogP contribution in [0.25, 0.3) is 0 Å². The average molecular weight is 380 g/mol. The summed E-state index contributed by atoms with van der Waals surface area (Å²) in [5.41, 5.74) is 4.92. The standard InChI is InChI=1S/C24H33N3O/c1-4-27(5-2)24(28)18-26-13-9-12-22(17-26)23-16-21(14-19(3)25-23)15-20-10-7-6-8-11-20/h6-8,10-11,14,16,22H,4-5,9,12-13,15,17-18H2,1-3H3. The van der Waals surface area contributed by atoms with Crippen molar-refractivity contribution in [1.29, 1.82) is 0 Å². The molecule has 1 aromatic carbocycles. The molecule has 0 bridgehead atoms. The molecular weight excluding hydrogens is 346 g/mol. The average Bonchev–Trinajstić information content (AvgIpc) is 2.69. The summed E-state index contributed by atoms with van der Waals surface area (Å²) in [5, 5.41) is 0. The van der Waals surface area contributed by atoms with E-state index in [1.807, 2.05) is 18.7 Å². The SMILES string of the molecule is CCN(CC)C(=O)CN1CCCC(c2cc(Cc3ccccc3)cc(C)n2)C1. The van der Waals surface area contributed by atoms with Crippen molar-refractivity contribution in [2.24, 2.45) is 0 Å². The zero-order chi connectivity index (χ0) is 19.9. The van der Waals surface area contributed by atoms with Crippen LogP contribution in [0.15, 0.2) is 42.5 Å². The Labute approximate surface area is 169 Å². The molecule has 4 heteroatoms. The number of carbonyl (C=O) groups is 1. The Morgan fingerprint density at radius 3 is 2.61 bits per heavy atom. The summed E-state index contributed by atoms with van der Waals surface area (Å²) in [6.07, 6.45) is 3.21. The lowest BCUT2D eigenvalue weighted by atomic mass is 9.92. The number of amides is 1. The number of benzene rings is 1. The molecule has 0 spiro atoms. The van der Waals surface area contributed by atoms with Crippen molar-refractivity contribution in [3.8, 4) is 0 Å². The molecule has 3 rings (SSSR count). The lowest BCUT2D eigenvalue weighted by Gasteiger charge is -2.33. The van der Waals surface area contributed by atoms with Crippen LogP contribution in [0, 0.1) is 6.92 Å². The van der Waals surface area contributed by atoms with Gasteiger partial charge < -0.3 is 4.90 Å². The minimum Gasteiger partial charge on any atom is -0.342 e. The zero-order valence-corrected chi connectivity index (χ0v) is 17.5. The summed E-state index contributed by atoms with van der Waals surface area (Å²) in [7, 11) is 0. The van der Waals surface area contributed by atoms with Gasteiger partial charge in [-0.15, -0.1) is 0 Å². The van der Waals surface area contributed by atoms with E-state index in [1.54, 1.807) is 0 Å². The summed E-state index contributed by atoms with van der Waals surface area (Å²) in [6.45, 7) is 10.2. The van der Waals surface area contributed by atoms with Gasteiger partial charge in [0.2, 0.25) is 5.91 Å². The third-order valence-corrected chi connectivity index (χ3v) is 5.68. The van der Waals surface area contributed by atoms with E-state index in [0.29, 0.717) is 12.5 Å². The van der Waals surface area contributed by atoms with Crippen LogP contribution in [0.5, 0.6) is 0 Å². The van der Waals surface area contributed by atoms with Crippen molar-refractivity contribution >= 4 is 5.91 Å². The highest BCUT2D eigenvalue weighted by molar-refractivity contribution is 5.78. The molecule has 2 aromatic rings. The monoisotopic (exact) mass is 379 g/mol. The second-order valence-electron chi connectivity index (χ2n) is 7.84. The normalized spacial score (nSPS) is 17.5. The highest BCUT2D eigenvalue weighted by Gasteiger charge is 2.25. The Balaban J connectivity index is 1.69. The molecular formula is C24H33N3O. The predicted molar refractivity (Wildman–Crippen MR) is 115 cm³/mol. The number of hydrogen-bond donors (Lipinski definition) is 0. The van der Waals surface area contributed by atoms with Crippen LogP contribution in [0.4, 0.5) is 0 Å². The quantitative estimate of drug-likeness (QED) is 0.729. The zero-order valence-electron chi connectivity index (χ0n) is 17.5. The van der Waals surface area contributed by atoms with E-state index in [4.69, 9.17) is 4.98 Å². The molecule has 1 unspecified atom stereocenters. The van der Waals surface area contributed by atoms with Gasteiger partial charge in [-0.05, 0) is 69.8 Å². The van der Waals surface area contributed by atoms with Crippen molar-refractivity contribution in [3.63, 3.8) is 0 Å². The number of aryl methyl sites for hydroxylation is 1. The number of likely N-dealkylation sites (N-methyl/N-ethyl adjacent to an activating group) is 1. The Hall–Kier alpha value is -2.20. The predicted octanol–water partition coefficient (Wildman–Crippen LogP) is 4.03. The number of likely N-dealkylation sites (tertiary alicyclic amines) is 1. The van der Waals surface area contributed by atoms with E-state index < -0.39 is 0 Å². The highest BCUT2D eigenvalue weighted by atomic mass is 16.2. The van der Waals surface area contributed by atoms with Crippen molar-refractivity contribution in [3.05, 3.63) is 65.0 Å². The molecule has 1 fully saturated rings. The molecule has 0 radical (unpaired) electrons. The molecule has 1 atom stereocenters. The largest absolute Gasteiger partial charge is 0.342 e. The first kappa shape index (κ1) is 20.5. The summed E-state index contributed by atoms with van der Waals surface area (Å²) >= 11 is 0. The fourth-order valence-corrected chi connectivity index (χ4v) is 4.22. The van der Waals surface area contributed by atoms with Crippen molar-refractivity contribution in [2.75, 3.05) is 32.7 Å². The molecule has 1 amide bonds. The van der Waals surface area contributed by atoms with Gasteiger partial charge in [0.25, 0.3) is 0 Å². The van der Waals surface area contributed by atoms with Gasteiger partial charge in [0.1, 0.15) is 0 Å². The Morgan fingerprint density at radius 2 is 1.89 bits per heavy atom. The Bertz CT molecular complexity index is 771. The first-order chi connectivity index (χ1) is 13.6. The number of aromatic nitrogens is 1. The fourth-order valence-electron chi connectivity index (χ4n) is 4.22. The topological polar surface area (TPSA) is 36.4 Å². The molecule has 1 aromatic heterocycles. The molecule has 0 N–H and O–H groups in total. The number of piperidine rings is 1. The van der Waals surface area contributed by atoms with Gasteiger partial charge in [0.05, 0.1) is 6.54 Å².